The Bertz CT molecular complexity index is 767. The molecule has 0 bridgehead atoms. The number of carbonyl (C=O) groups excluding carboxylic acids is 1. The minimum absolute atomic E-state index is 0.0399. The van der Waals surface area contributed by atoms with Gasteiger partial charge >= 0.3 is 6.03 Å². The summed E-state index contributed by atoms with van der Waals surface area (Å²) in [6.45, 7) is 6.42. The van der Waals surface area contributed by atoms with Gasteiger partial charge in [0, 0.05) is 18.2 Å². The number of ether oxygens (including phenoxy) is 1. The quantitative estimate of drug-likeness (QED) is 0.909. The molecule has 1 saturated carbocycles. The molecule has 1 N–H and O–H groups in total. The van der Waals surface area contributed by atoms with E-state index < -0.39 is 0 Å². The summed E-state index contributed by atoms with van der Waals surface area (Å²) in [7, 11) is 0. The van der Waals surface area contributed by atoms with Crippen LogP contribution in [0.4, 0.5) is 9.80 Å². The van der Waals surface area contributed by atoms with Gasteiger partial charge in [-0.2, -0.15) is 5.10 Å². The normalized spacial score (nSPS) is 20.7. The molecular formula is C17H23N5O2S. The molecule has 2 fully saturated rings. The fraction of sp³-hybridized carbons (Fsp3) is 0.588. The first-order chi connectivity index (χ1) is 12.1. The van der Waals surface area contributed by atoms with Gasteiger partial charge < -0.3 is 9.64 Å². The number of nitrogens with zero attached hydrogens (tertiary/aromatic N) is 4. The van der Waals surface area contributed by atoms with Crippen molar-refractivity contribution in [3.8, 4) is 0 Å². The van der Waals surface area contributed by atoms with Crippen LogP contribution in [0.25, 0.3) is 0 Å². The van der Waals surface area contributed by atoms with Crippen molar-refractivity contribution < 1.29 is 9.53 Å². The second kappa shape index (κ2) is 6.76. The number of aryl methyl sites for hydroxylation is 2. The van der Waals surface area contributed by atoms with Gasteiger partial charge in [-0.15, -0.1) is 11.3 Å². The molecular weight excluding hydrogens is 338 g/mol. The van der Waals surface area contributed by atoms with Crippen LogP contribution in [0.5, 0.6) is 0 Å². The molecule has 7 nitrogen and oxygen atoms in total. The average Bonchev–Trinajstić information content (AvgIpc) is 3.25. The van der Waals surface area contributed by atoms with Gasteiger partial charge in [-0.3, -0.25) is 10.00 Å². The summed E-state index contributed by atoms with van der Waals surface area (Å²) in [4.78, 5) is 18.9. The average molecular weight is 361 g/mol. The third-order valence-electron chi connectivity index (χ3n) is 4.69. The summed E-state index contributed by atoms with van der Waals surface area (Å²) < 4.78 is 7.80. The molecule has 1 aliphatic carbocycles. The van der Waals surface area contributed by atoms with E-state index in [-0.39, 0.29) is 12.1 Å². The third-order valence-corrected chi connectivity index (χ3v) is 5.44. The molecule has 0 aromatic carbocycles. The molecule has 25 heavy (non-hydrogen) atoms. The standard InChI is InChI=1S/C17H23N5O2S/c1-11-7-12(2)22(20-11)9-14-8-21(5-6-24-14)17(23)19-16-15(13-3-4-13)18-10-25-16/h7,10,13-14H,3-6,8-9H2,1-2H3,(H,19,23). The first kappa shape index (κ1) is 16.5. The molecule has 1 aliphatic heterocycles. The highest BCUT2D eigenvalue weighted by Crippen LogP contribution is 2.43. The number of anilines is 1. The maximum absolute atomic E-state index is 12.6. The van der Waals surface area contributed by atoms with Crippen LogP contribution in [0.2, 0.25) is 0 Å². The molecule has 0 spiro atoms. The number of rotatable bonds is 4. The molecule has 2 aliphatic rings. The smallest absolute Gasteiger partial charge is 0.322 e. The van der Waals surface area contributed by atoms with Crippen molar-refractivity contribution in [3.63, 3.8) is 0 Å². The summed E-state index contributed by atoms with van der Waals surface area (Å²) in [5.41, 5.74) is 4.97. The Labute approximate surface area is 151 Å². The zero-order chi connectivity index (χ0) is 17.4. The van der Waals surface area contributed by atoms with E-state index in [1.807, 2.05) is 28.9 Å². The van der Waals surface area contributed by atoms with E-state index in [2.05, 4.69) is 21.5 Å². The number of thiazole rings is 1. The van der Waals surface area contributed by atoms with Crippen molar-refractivity contribution in [2.24, 2.45) is 0 Å². The monoisotopic (exact) mass is 361 g/mol. The summed E-state index contributed by atoms with van der Waals surface area (Å²) in [5, 5.41) is 8.43. The SMILES string of the molecule is Cc1cc(C)n(CC2CN(C(=O)Nc3scnc3C3CC3)CCO2)n1. The van der Waals surface area contributed by atoms with E-state index >= 15 is 0 Å². The van der Waals surface area contributed by atoms with E-state index in [9.17, 15) is 4.79 Å². The van der Waals surface area contributed by atoms with E-state index in [0.29, 0.717) is 32.2 Å². The largest absolute Gasteiger partial charge is 0.373 e. The lowest BCUT2D eigenvalue weighted by atomic mass is 10.2. The van der Waals surface area contributed by atoms with Crippen LogP contribution in [0.3, 0.4) is 0 Å². The Balaban J connectivity index is 1.37. The van der Waals surface area contributed by atoms with Crippen LogP contribution in [0.1, 0.15) is 35.8 Å². The topological polar surface area (TPSA) is 72.3 Å². The second-order valence-electron chi connectivity index (χ2n) is 6.82. The minimum atomic E-state index is -0.0622. The number of nitrogens with one attached hydrogen (secondary N) is 1. The zero-order valence-electron chi connectivity index (χ0n) is 14.6. The number of hydrogen-bond acceptors (Lipinski definition) is 5. The lowest BCUT2D eigenvalue weighted by Gasteiger charge is -2.33. The fourth-order valence-electron chi connectivity index (χ4n) is 3.24. The van der Waals surface area contributed by atoms with Crippen LogP contribution < -0.4 is 5.32 Å². The fourth-order valence-corrected chi connectivity index (χ4v) is 4.00. The number of urea groups is 1. The van der Waals surface area contributed by atoms with E-state index in [0.717, 1.165) is 22.1 Å². The molecule has 1 atom stereocenters. The summed E-state index contributed by atoms with van der Waals surface area (Å²) in [5.74, 6) is 0.532. The van der Waals surface area contributed by atoms with Crippen LogP contribution >= 0.6 is 11.3 Å². The predicted molar refractivity (Wildman–Crippen MR) is 96.1 cm³/mol. The zero-order valence-corrected chi connectivity index (χ0v) is 15.4. The number of amides is 2. The molecule has 8 heteroatoms. The van der Waals surface area contributed by atoms with E-state index in [1.54, 1.807) is 0 Å². The molecule has 0 radical (unpaired) electrons. The highest BCUT2D eigenvalue weighted by Gasteiger charge is 2.30. The van der Waals surface area contributed by atoms with Crippen LogP contribution in [-0.2, 0) is 11.3 Å². The van der Waals surface area contributed by atoms with Crippen LogP contribution in [-0.4, -0.2) is 51.5 Å². The summed E-state index contributed by atoms with van der Waals surface area (Å²) in [6, 6.07) is 1.99. The van der Waals surface area contributed by atoms with Gasteiger partial charge in [0.2, 0.25) is 0 Å². The summed E-state index contributed by atoms with van der Waals surface area (Å²) in [6.07, 6.45) is 2.31. The molecule has 134 valence electrons. The van der Waals surface area contributed by atoms with Gasteiger partial charge in [-0.1, -0.05) is 0 Å². The first-order valence-electron chi connectivity index (χ1n) is 8.72. The van der Waals surface area contributed by atoms with Crippen molar-refractivity contribution >= 4 is 22.4 Å². The van der Waals surface area contributed by atoms with Gasteiger partial charge in [0.25, 0.3) is 0 Å². The van der Waals surface area contributed by atoms with E-state index in [1.165, 1.54) is 24.2 Å². The lowest BCUT2D eigenvalue weighted by molar-refractivity contribution is -0.0222. The van der Waals surface area contributed by atoms with Crippen molar-refractivity contribution in [1.82, 2.24) is 19.7 Å². The van der Waals surface area contributed by atoms with Gasteiger partial charge in [0.05, 0.1) is 42.7 Å². The number of hydrogen-bond donors (Lipinski definition) is 1. The molecule has 4 rings (SSSR count). The van der Waals surface area contributed by atoms with Gasteiger partial charge in [-0.25, -0.2) is 9.78 Å². The molecule has 1 unspecified atom stereocenters. The summed E-state index contributed by atoms with van der Waals surface area (Å²) >= 11 is 1.50. The van der Waals surface area contributed by atoms with Crippen molar-refractivity contribution in [2.45, 2.75) is 45.3 Å². The van der Waals surface area contributed by atoms with Gasteiger partial charge in [-0.05, 0) is 32.8 Å². The number of aromatic nitrogens is 3. The Morgan fingerprint density at radius 1 is 1.44 bits per heavy atom. The third kappa shape index (κ3) is 3.69. The van der Waals surface area contributed by atoms with Crippen LogP contribution in [0, 0.1) is 13.8 Å². The van der Waals surface area contributed by atoms with Crippen molar-refractivity contribution in [2.75, 3.05) is 25.0 Å². The molecule has 2 aromatic heterocycles. The molecule has 2 aromatic rings. The molecule has 2 amide bonds. The lowest BCUT2D eigenvalue weighted by Crippen LogP contribution is -2.48. The Hall–Kier alpha value is -1.93. The van der Waals surface area contributed by atoms with Gasteiger partial charge in [0.15, 0.2) is 0 Å². The maximum atomic E-state index is 12.6. The highest BCUT2D eigenvalue weighted by atomic mass is 32.1. The Morgan fingerprint density at radius 3 is 3.00 bits per heavy atom. The number of morpholine rings is 1. The maximum Gasteiger partial charge on any atom is 0.322 e. The van der Waals surface area contributed by atoms with Crippen molar-refractivity contribution in [3.05, 3.63) is 28.7 Å². The predicted octanol–water partition coefficient (Wildman–Crippen LogP) is 2.77. The molecule has 1 saturated heterocycles. The van der Waals surface area contributed by atoms with E-state index in [4.69, 9.17) is 4.74 Å². The Morgan fingerprint density at radius 2 is 2.28 bits per heavy atom. The van der Waals surface area contributed by atoms with Crippen LogP contribution in [0.15, 0.2) is 11.6 Å². The van der Waals surface area contributed by atoms with Crippen molar-refractivity contribution in [1.29, 1.82) is 0 Å². The number of carbonyl (C=O) groups is 1. The highest BCUT2D eigenvalue weighted by molar-refractivity contribution is 7.14. The minimum Gasteiger partial charge on any atom is -0.373 e. The van der Waals surface area contributed by atoms with Gasteiger partial charge in [0.1, 0.15) is 5.00 Å². The first-order valence-corrected chi connectivity index (χ1v) is 9.60. The molecule has 3 heterocycles. The second-order valence-corrected chi connectivity index (χ2v) is 7.67. The Kier molecular flexibility index (Phi) is 4.47.